The molecule has 8 heteroatoms. The lowest BCUT2D eigenvalue weighted by atomic mass is 10.1. The van der Waals surface area contributed by atoms with Gasteiger partial charge in [0.15, 0.2) is 0 Å². The Balaban J connectivity index is 2.08. The van der Waals surface area contributed by atoms with Crippen molar-refractivity contribution in [2.24, 2.45) is 5.92 Å². The van der Waals surface area contributed by atoms with Gasteiger partial charge in [0.2, 0.25) is 15.9 Å². The van der Waals surface area contributed by atoms with E-state index in [0.717, 1.165) is 5.56 Å². The maximum atomic E-state index is 12.6. The van der Waals surface area contributed by atoms with Gasteiger partial charge >= 0.3 is 0 Å². The molecule has 7 nitrogen and oxygen atoms in total. The zero-order chi connectivity index (χ0) is 21.4. The van der Waals surface area contributed by atoms with Crippen LogP contribution in [0.25, 0.3) is 0 Å². The fourth-order valence-electron chi connectivity index (χ4n) is 2.58. The number of benzene rings is 2. The predicted molar refractivity (Wildman–Crippen MR) is 115 cm³/mol. The lowest BCUT2D eigenvalue weighted by Crippen LogP contribution is -2.25. The summed E-state index contributed by atoms with van der Waals surface area (Å²) in [6.45, 7) is 5.63. The van der Waals surface area contributed by atoms with E-state index >= 15 is 0 Å². The number of carbonyl (C=O) groups excluding carboxylic acids is 2. The molecule has 0 saturated carbocycles. The highest BCUT2D eigenvalue weighted by molar-refractivity contribution is 7.92. The van der Waals surface area contributed by atoms with E-state index in [1.807, 2.05) is 19.9 Å². The van der Waals surface area contributed by atoms with E-state index in [9.17, 15) is 18.0 Å². The number of nitrogens with one attached hydrogen (secondary N) is 3. The highest BCUT2D eigenvalue weighted by Gasteiger charge is 2.16. The molecule has 0 spiro atoms. The molecule has 0 bridgehead atoms. The zero-order valence-electron chi connectivity index (χ0n) is 16.9. The first-order valence-electron chi connectivity index (χ1n) is 9.49. The van der Waals surface area contributed by atoms with E-state index in [1.54, 1.807) is 49.4 Å². The highest BCUT2D eigenvalue weighted by atomic mass is 32.2. The molecule has 0 aromatic heterocycles. The lowest BCUT2D eigenvalue weighted by molar-refractivity contribution is -0.118. The van der Waals surface area contributed by atoms with E-state index in [2.05, 4.69) is 15.4 Å². The Hall–Kier alpha value is -2.87. The van der Waals surface area contributed by atoms with Crippen molar-refractivity contribution in [3.8, 4) is 0 Å². The summed E-state index contributed by atoms with van der Waals surface area (Å²) in [6, 6.07) is 13.7. The molecular weight excluding hydrogens is 390 g/mol. The monoisotopic (exact) mass is 417 g/mol. The van der Waals surface area contributed by atoms with Crippen LogP contribution in [0, 0.1) is 5.92 Å². The van der Waals surface area contributed by atoms with Gasteiger partial charge in [-0.15, -0.1) is 0 Å². The molecular formula is C21H27N3O4S. The Bertz CT molecular complexity index is 971. The van der Waals surface area contributed by atoms with Crippen LogP contribution in [-0.4, -0.2) is 26.0 Å². The molecule has 0 aliphatic rings. The van der Waals surface area contributed by atoms with Gasteiger partial charge in [-0.2, -0.15) is 0 Å². The van der Waals surface area contributed by atoms with E-state index in [1.165, 1.54) is 0 Å². The Morgan fingerprint density at radius 2 is 1.76 bits per heavy atom. The highest BCUT2D eigenvalue weighted by Crippen LogP contribution is 2.18. The number of amides is 2. The molecule has 0 aliphatic heterocycles. The summed E-state index contributed by atoms with van der Waals surface area (Å²) in [6.07, 6.45) is 0.480. The second-order valence-corrected chi connectivity index (χ2v) is 8.84. The second-order valence-electron chi connectivity index (χ2n) is 6.99. The van der Waals surface area contributed by atoms with E-state index in [4.69, 9.17) is 0 Å². The number of para-hydroxylation sites is 1. The topological polar surface area (TPSA) is 104 Å². The summed E-state index contributed by atoms with van der Waals surface area (Å²) in [4.78, 5) is 24.5. The van der Waals surface area contributed by atoms with Crippen LogP contribution in [0.5, 0.6) is 0 Å². The normalized spacial score (nSPS) is 11.2. The average molecular weight is 418 g/mol. The van der Waals surface area contributed by atoms with E-state index in [0.29, 0.717) is 12.1 Å². The average Bonchev–Trinajstić information content (AvgIpc) is 2.66. The van der Waals surface area contributed by atoms with Gasteiger partial charge in [-0.25, -0.2) is 8.42 Å². The summed E-state index contributed by atoms with van der Waals surface area (Å²) >= 11 is 0. The summed E-state index contributed by atoms with van der Waals surface area (Å²) in [7, 11) is -3.50. The van der Waals surface area contributed by atoms with E-state index < -0.39 is 15.9 Å². The van der Waals surface area contributed by atoms with Crippen molar-refractivity contribution in [3.63, 3.8) is 0 Å². The zero-order valence-corrected chi connectivity index (χ0v) is 17.7. The second kappa shape index (κ2) is 10.1. The van der Waals surface area contributed by atoms with Crippen LogP contribution in [-0.2, 0) is 21.4 Å². The number of sulfonamides is 1. The van der Waals surface area contributed by atoms with Crippen molar-refractivity contribution >= 4 is 33.2 Å². The van der Waals surface area contributed by atoms with Crippen molar-refractivity contribution in [3.05, 3.63) is 59.7 Å². The van der Waals surface area contributed by atoms with Gasteiger partial charge in [0.1, 0.15) is 0 Å². The van der Waals surface area contributed by atoms with Gasteiger partial charge in [0.05, 0.1) is 17.0 Å². The van der Waals surface area contributed by atoms with Gasteiger partial charge in [-0.1, -0.05) is 45.0 Å². The fourth-order valence-corrected chi connectivity index (χ4v) is 3.73. The molecule has 2 amide bonds. The van der Waals surface area contributed by atoms with Gasteiger partial charge in [0.25, 0.3) is 5.91 Å². The van der Waals surface area contributed by atoms with Crippen molar-refractivity contribution in [1.29, 1.82) is 0 Å². The third kappa shape index (κ3) is 6.90. The van der Waals surface area contributed by atoms with Crippen molar-refractivity contribution in [2.45, 2.75) is 33.7 Å². The first-order chi connectivity index (χ1) is 13.7. The minimum atomic E-state index is -3.50. The number of hydrogen-bond donors (Lipinski definition) is 3. The van der Waals surface area contributed by atoms with Crippen LogP contribution in [0.3, 0.4) is 0 Å². The van der Waals surface area contributed by atoms with Crippen molar-refractivity contribution < 1.29 is 18.0 Å². The SMILES string of the molecule is CCCS(=O)(=O)Nc1ccccc1C(=O)NCc1cccc(NC(=O)C(C)C)c1. The number of rotatable bonds is 9. The number of anilines is 2. The molecule has 0 radical (unpaired) electrons. The van der Waals surface area contributed by atoms with Gasteiger partial charge in [0, 0.05) is 18.2 Å². The molecule has 29 heavy (non-hydrogen) atoms. The van der Waals surface area contributed by atoms with Crippen LogP contribution in [0.2, 0.25) is 0 Å². The first-order valence-corrected chi connectivity index (χ1v) is 11.1. The molecule has 0 heterocycles. The van der Waals surface area contributed by atoms with Gasteiger partial charge < -0.3 is 10.6 Å². The quantitative estimate of drug-likeness (QED) is 0.582. The standard InChI is InChI=1S/C21H27N3O4S/c1-4-12-29(27,28)24-19-11-6-5-10-18(19)21(26)22-14-16-8-7-9-17(13-16)23-20(25)15(2)3/h5-11,13,15,24H,4,12,14H2,1-3H3,(H,22,26)(H,23,25). The first kappa shape index (κ1) is 22.4. The molecule has 0 atom stereocenters. The minimum absolute atomic E-state index is 0.0160. The maximum Gasteiger partial charge on any atom is 0.253 e. The minimum Gasteiger partial charge on any atom is -0.348 e. The molecule has 156 valence electrons. The van der Waals surface area contributed by atoms with E-state index in [-0.39, 0.29) is 35.4 Å². The van der Waals surface area contributed by atoms with Crippen LogP contribution in [0.15, 0.2) is 48.5 Å². The molecule has 2 aromatic carbocycles. The molecule has 0 aliphatic carbocycles. The fraction of sp³-hybridized carbons (Fsp3) is 0.333. The maximum absolute atomic E-state index is 12.6. The smallest absolute Gasteiger partial charge is 0.253 e. The van der Waals surface area contributed by atoms with Crippen LogP contribution >= 0.6 is 0 Å². The van der Waals surface area contributed by atoms with Gasteiger partial charge in [-0.05, 0) is 36.2 Å². The number of hydrogen-bond acceptors (Lipinski definition) is 4. The summed E-state index contributed by atoms with van der Waals surface area (Å²) in [5.41, 5.74) is 1.96. The summed E-state index contributed by atoms with van der Waals surface area (Å²) < 4.78 is 26.6. The Morgan fingerprint density at radius 1 is 1.03 bits per heavy atom. The molecule has 0 fully saturated rings. The van der Waals surface area contributed by atoms with Crippen LogP contribution < -0.4 is 15.4 Å². The molecule has 3 N–H and O–H groups in total. The molecule has 2 rings (SSSR count). The van der Waals surface area contributed by atoms with Crippen LogP contribution in [0.4, 0.5) is 11.4 Å². The third-order valence-electron chi connectivity index (χ3n) is 4.08. The predicted octanol–water partition coefficient (Wildman–Crippen LogP) is 3.36. The Morgan fingerprint density at radius 3 is 2.45 bits per heavy atom. The van der Waals surface area contributed by atoms with Crippen molar-refractivity contribution in [1.82, 2.24) is 5.32 Å². The van der Waals surface area contributed by atoms with Crippen LogP contribution in [0.1, 0.15) is 43.1 Å². The number of carbonyl (C=O) groups is 2. The lowest BCUT2D eigenvalue weighted by Gasteiger charge is -2.13. The molecule has 0 unspecified atom stereocenters. The third-order valence-corrected chi connectivity index (χ3v) is 5.56. The molecule has 2 aromatic rings. The summed E-state index contributed by atoms with van der Waals surface area (Å²) in [5, 5.41) is 5.61. The van der Waals surface area contributed by atoms with Gasteiger partial charge in [-0.3, -0.25) is 14.3 Å². The summed E-state index contributed by atoms with van der Waals surface area (Å²) in [5.74, 6) is -0.625. The Kier molecular flexibility index (Phi) is 7.78. The van der Waals surface area contributed by atoms with Crippen molar-refractivity contribution in [2.75, 3.05) is 15.8 Å². The Labute approximate surface area is 172 Å². The largest absolute Gasteiger partial charge is 0.348 e. The molecule has 0 saturated heterocycles.